The number of rotatable bonds is 4. The van der Waals surface area contributed by atoms with Crippen LogP contribution in [0.2, 0.25) is 0 Å². The summed E-state index contributed by atoms with van der Waals surface area (Å²) < 4.78 is 67.9. The Balaban J connectivity index is 2.34. The van der Waals surface area contributed by atoms with Crippen molar-refractivity contribution in [2.75, 3.05) is 0 Å². The average Bonchev–Trinajstić information content (AvgIpc) is 2.42. The molecule has 0 aliphatic heterocycles. The molecule has 0 spiro atoms. The molecule has 0 fully saturated rings. The van der Waals surface area contributed by atoms with Crippen molar-refractivity contribution in [3.05, 3.63) is 42.5 Å². The molecule has 0 bridgehead atoms. The maximum absolute atomic E-state index is 12.3. The van der Waals surface area contributed by atoms with Crippen LogP contribution < -0.4 is 9.46 Å². The van der Waals surface area contributed by atoms with Crippen molar-refractivity contribution in [1.29, 1.82) is 0 Å². The van der Waals surface area contributed by atoms with Gasteiger partial charge in [-0.3, -0.25) is 0 Å². The van der Waals surface area contributed by atoms with Crippen molar-refractivity contribution < 1.29 is 31.4 Å². The zero-order valence-corrected chi connectivity index (χ0v) is 15.1. The maximum Gasteiger partial charge on any atom is 0.573 e. The summed E-state index contributed by atoms with van der Waals surface area (Å²) in [6, 6.07) is 8.72. The van der Waals surface area contributed by atoms with Crippen LogP contribution in [-0.4, -0.2) is 25.4 Å². The van der Waals surface area contributed by atoms with E-state index < -0.39 is 33.4 Å². The zero-order valence-electron chi connectivity index (χ0n) is 14.3. The lowest BCUT2D eigenvalue weighted by molar-refractivity contribution is -0.274. The summed E-state index contributed by atoms with van der Waals surface area (Å²) in [7, 11) is -3.73. The van der Waals surface area contributed by atoms with E-state index in [-0.39, 0.29) is 10.5 Å². The van der Waals surface area contributed by atoms with Gasteiger partial charge in [-0.05, 0) is 56.2 Å². The average molecular weight is 389 g/mol. The van der Waals surface area contributed by atoms with E-state index in [9.17, 15) is 26.7 Å². The molecule has 0 heterocycles. The fraction of sp³-hybridized carbons (Fsp3) is 0.294. The molecule has 0 saturated heterocycles. The molecule has 9 heteroatoms. The summed E-state index contributed by atoms with van der Waals surface area (Å²) in [5.74, 6) is -0.980. The maximum atomic E-state index is 12.3. The molecule has 0 radical (unpaired) electrons. The number of ether oxygens (including phenoxy) is 1. The first-order valence-corrected chi connectivity index (χ1v) is 8.98. The number of alkyl halides is 3. The Labute approximate surface area is 149 Å². The van der Waals surface area contributed by atoms with Gasteiger partial charge in [-0.1, -0.05) is 12.1 Å². The molecule has 2 N–H and O–H groups in total. The van der Waals surface area contributed by atoms with Crippen LogP contribution >= 0.6 is 0 Å². The van der Waals surface area contributed by atoms with Crippen molar-refractivity contribution in [1.82, 2.24) is 4.72 Å². The minimum absolute atomic E-state index is 0.0168. The number of phenols is 1. The van der Waals surface area contributed by atoms with Gasteiger partial charge >= 0.3 is 6.36 Å². The highest BCUT2D eigenvalue weighted by Crippen LogP contribution is 2.32. The van der Waals surface area contributed by atoms with E-state index in [1.54, 1.807) is 20.8 Å². The van der Waals surface area contributed by atoms with E-state index >= 15 is 0 Å². The summed E-state index contributed by atoms with van der Waals surface area (Å²) in [5.41, 5.74) is 0.00615. The van der Waals surface area contributed by atoms with Crippen LogP contribution in [0.25, 0.3) is 11.1 Å². The number of phenolic OH excluding ortho intramolecular Hbond substituents is 1. The quantitative estimate of drug-likeness (QED) is 0.828. The van der Waals surface area contributed by atoms with Crippen molar-refractivity contribution in [3.63, 3.8) is 0 Å². The third-order valence-electron chi connectivity index (χ3n) is 3.06. The molecule has 0 aliphatic rings. The van der Waals surface area contributed by atoms with Gasteiger partial charge in [0.2, 0.25) is 10.0 Å². The Morgan fingerprint density at radius 2 is 1.54 bits per heavy atom. The standard InChI is InChI=1S/C17H18F3NO4S/c1-16(2,3)21-26(23,24)15-6-4-11(5-7-15)12-8-13(22)10-14(9-12)25-17(18,19)20/h4-10,21-22H,1-3H3. The molecule has 2 rings (SSSR count). The van der Waals surface area contributed by atoms with Gasteiger partial charge in [0.05, 0.1) is 4.90 Å². The van der Waals surface area contributed by atoms with Crippen LogP contribution in [0.4, 0.5) is 13.2 Å². The Hall–Kier alpha value is -2.26. The number of nitrogens with one attached hydrogen (secondary N) is 1. The number of hydrogen-bond donors (Lipinski definition) is 2. The van der Waals surface area contributed by atoms with Crippen LogP contribution in [0.3, 0.4) is 0 Å². The highest BCUT2D eigenvalue weighted by molar-refractivity contribution is 7.89. The second-order valence-corrected chi connectivity index (χ2v) is 8.33. The SMILES string of the molecule is CC(C)(C)NS(=O)(=O)c1ccc(-c2cc(O)cc(OC(F)(F)F)c2)cc1. The largest absolute Gasteiger partial charge is 0.573 e. The molecule has 0 atom stereocenters. The molecule has 0 saturated carbocycles. The van der Waals surface area contributed by atoms with E-state index in [0.29, 0.717) is 5.56 Å². The Bertz CT molecular complexity index is 886. The van der Waals surface area contributed by atoms with Gasteiger partial charge in [0.15, 0.2) is 0 Å². The first-order chi connectivity index (χ1) is 11.8. The summed E-state index contributed by atoms with van der Waals surface area (Å²) in [6.45, 7) is 5.11. The number of benzene rings is 2. The second-order valence-electron chi connectivity index (χ2n) is 6.64. The molecular formula is C17H18F3NO4S. The molecule has 26 heavy (non-hydrogen) atoms. The molecule has 142 valence electrons. The Morgan fingerprint density at radius 1 is 0.962 bits per heavy atom. The van der Waals surface area contributed by atoms with Crippen molar-refractivity contribution in [3.8, 4) is 22.6 Å². The summed E-state index contributed by atoms with van der Waals surface area (Å²) in [4.78, 5) is 0.0168. The highest BCUT2D eigenvalue weighted by atomic mass is 32.2. The molecule has 2 aromatic carbocycles. The monoisotopic (exact) mass is 389 g/mol. The molecule has 0 aromatic heterocycles. The first kappa shape index (κ1) is 20.1. The lowest BCUT2D eigenvalue weighted by Crippen LogP contribution is -2.40. The summed E-state index contributed by atoms with van der Waals surface area (Å²) >= 11 is 0. The minimum atomic E-state index is -4.89. The summed E-state index contributed by atoms with van der Waals surface area (Å²) in [5, 5.41) is 9.61. The highest BCUT2D eigenvalue weighted by Gasteiger charge is 2.31. The number of hydrogen-bond acceptors (Lipinski definition) is 4. The Morgan fingerprint density at radius 3 is 2.04 bits per heavy atom. The van der Waals surface area contributed by atoms with Crippen LogP contribution in [0.1, 0.15) is 20.8 Å². The van der Waals surface area contributed by atoms with Crippen molar-refractivity contribution in [2.45, 2.75) is 37.6 Å². The third-order valence-corrected chi connectivity index (χ3v) is 4.84. The molecule has 0 aliphatic carbocycles. The van der Waals surface area contributed by atoms with Gasteiger partial charge < -0.3 is 9.84 Å². The van der Waals surface area contributed by atoms with Gasteiger partial charge in [-0.25, -0.2) is 13.1 Å². The Kier molecular flexibility index (Phi) is 5.25. The second kappa shape index (κ2) is 6.81. The summed E-state index contributed by atoms with van der Waals surface area (Å²) in [6.07, 6.45) is -4.89. The number of halogens is 3. The predicted molar refractivity (Wildman–Crippen MR) is 90.3 cm³/mol. The van der Waals surface area contributed by atoms with E-state index in [1.807, 2.05) is 0 Å². The molecule has 5 nitrogen and oxygen atoms in total. The third kappa shape index (κ3) is 5.63. The van der Waals surface area contributed by atoms with E-state index in [0.717, 1.165) is 12.1 Å². The van der Waals surface area contributed by atoms with E-state index in [4.69, 9.17) is 0 Å². The first-order valence-electron chi connectivity index (χ1n) is 7.49. The smallest absolute Gasteiger partial charge is 0.508 e. The number of aromatic hydroxyl groups is 1. The lowest BCUT2D eigenvalue weighted by Gasteiger charge is -2.20. The lowest BCUT2D eigenvalue weighted by atomic mass is 10.1. The normalized spacial score (nSPS) is 12.8. The van der Waals surface area contributed by atoms with E-state index in [2.05, 4.69) is 9.46 Å². The number of sulfonamides is 1. The van der Waals surface area contributed by atoms with Gasteiger partial charge in [0, 0.05) is 11.6 Å². The van der Waals surface area contributed by atoms with Crippen molar-refractivity contribution >= 4 is 10.0 Å². The molecule has 0 unspecified atom stereocenters. The molecule has 0 amide bonds. The zero-order chi connectivity index (χ0) is 19.8. The van der Waals surface area contributed by atoms with Gasteiger partial charge in [-0.2, -0.15) is 0 Å². The van der Waals surface area contributed by atoms with Gasteiger partial charge in [0.25, 0.3) is 0 Å². The minimum Gasteiger partial charge on any atom is -0.508 e. The molecular weight excluding hydrogens is 371 g/mol. The van der Waals surface area contributed by atoms with Crippen LogP contribution in [0.5, 0.6) is 11.5 Å². The van der Waals surface area contributed by atoms with Crippen LogP contribution in [0, 0.1) is 0 Å². The fourth-order valence-corrected chi connectivity index (χ4v) is 3.65. The van der Waals surface area contributed by atoms with E-state index in [1.165, 1.54) is 30.3 Å². The fourth-order valence-electron chi connectivity index (χ4n) is 2.23. The van der Waals surface area contributed by atoms with Crippen molar-refractivity contribution in [2.24, 2.45) is 0 Å². The van der Waals surface area contributed by atoms with Crippen LogP contribution in [0.15, 0.2) is 47.4 Å². The molecule has 2 aromatic rings. The van der Waals surface area contributed by atoms with Crippen LogP contribution in [-0.2, 0) is 10.0 Å². The predicted octanol–water partition coefficient (Wildman–Crippen LogP) is 4.03. The topological polar surface area (TPSA) is 75.6 Å². The van der Waals surface area contributed by atoms with Gasteiger partial charge in [0.1, 0.15) is 11.5 Å². The van der Waals surface area contributed by atoms with Gasteiger partial charge in [-0.15, -0.1) is 13.2 Å².